The van der Waals surface area contributed by atoms with Crippen molar-refractivity contribution in [1.82, 2.24) is 0 Å². The van der Waals surface area contributed by atoms with E-state index in [4.69, 9.17) is 16.3 Å². The molecule has 0 heterocycles. The van der Waals surface area contributed by atoms with Crippen LogP contribution in [-0.2, 0) is 15.8 Å². The quantitative estimate of drug-likeness (QED) is 0.803. The molecule has 0 aromatic heterocycles. The van der Waals surface area contributed by atoms with E-state index >= 15 is 0 Å². The summed E-state index contributed by atoms with van der Waals surface area (Å²) in [5, 5.41) is 4.77. The molecule has 138 valence electrons. The third kappa shape index (κ3) is 5.38. The third-order valence-corrected chi connectivity index (χ3v) is 3.45. The molecule has 0 unspecified atom stereocenters. The van der Waals surface area contributed by atoms with E-state index < -0.39 is 24.3 Å². The van der Waals surface area contributed by atoms with E-state index in [1.54, 1.807) is 18.2 Å². The first-order valence-electron chi connectivity index (χ1n) is 7.33. The molecule has 0 aliphatic rings. The van der Waals surface area contributed by atoms with Crippen LogP contribution >= 0.6 is 11.6 Å². The Morgan fingerprint density at radius 1 is 1.08 bits per heavy atom. The van der Waals surface area contributed by atoms with Gasteiger partial charge in [0.2, 0.25) is 5.91 Å². The lowest BCUT2D eigenvalue weighted by molar-refractivity contribution is -0.137. The van der Waals surface area contributed by atoms with Crippen LogP contribution in [0.1, 0.15) is 12.5 Å². The van der Waals surface area contributed by atoms with Gasteiger partial charge in [0.1, 0.15) is 5.75 Å². The molecule has 0 saturated carbocycles. The predicted octanol–water partition coefficient (Wildman–Crippen LogP) is 4.33. The van der Waals surface area contributed by atoms with Crippen molar-refractivity contribution in [3.05, 3.63) is 53.1 Å². The number of ether oxygens (including phenoxy) is 1. The van der Waals surface area contributed by atoms with Crippen LogP contribution in [0.25, 0.3) is 0 Å². The van der Waals surface area contributed by atoms with Crippen LogP contribution in [0.15, 0.2) is 42.5 Å². The van der Waals surface area contributed by atoms with Gasteiger partial charge in [-0.3, -0.25) is 9.59 Å². The Balaban J connectivity index is 2.05. The average Bonchev–Trinajstić information content (AvgIpc) is 2.54. The zero-order chi connectivity index (χ0) is 19.3. The molecule has 2 aromatic rings. The lowest BCUT2D eigenvalue weighted by Gasteiger charge is -2.13. The minimum Gasteiger partial charge on any atom is -0.482 e. The summed E-state index contributed by atoms with van der Waals surface area (Å²) < 4.78 is 43.5. The molecule has 0 radical (unpaired) electrons. The second-order valence-corrected chi connectivity index (χ2v) is 5.61. The Labute approximate surface area is 152 Å². The number of benzene rings is 2. The van der Waals surface area contributed by atoms with E-state index in [0.717, 1.165) is 18.2 Å². The zero-order valence-electron chi connectivity index (χ0n) is 13.5. The second kappa shape index (κ2) is 8.09. The summed E-state index contributed by atoms with van der Waals surface area (Å²) >= 11 is 5.82. The van der Waals surface area contributed by atoms with Crippen LogP contribution in [0, 0.1) is 0 Å². The molecule has 2 rings (SSSR count). The normalized spacial score (nSPS) is 11.0. The van der Waals surface area contributed by atoms with Crippen LogP contribution in [0.2, 0.25) is 5.02 Å². The minimum atomic E-state index is -4.56. The molecule has 0 saturated heterocycles. The van der Waals surface area contributed by atoms with Crippen molar-refractivity contribution in [1.29, 1.82) is 0 Å². The summed E-state index contributed by atoms with van der Waals surface area (Å²) in [5.41, 5.74) is -0.746. The summed E-state index contributed by atoms with van der Waals surface area (Å²) in [6.07, 6.45) is -4.56. The number of rotatable bonds is 5. The third-order valence-electron chi connectivity index (χ3n) is 3.12. The van der Waals surface area contributed by atoms with Gasteiger partial charge in [-0.2, -0.15) is 13.2 Å². The summed E-state index contributed by atoms with van der Waals surface area (Å²) in [5.74, 6) is -0.780. The number of carbonyl (C=O) groups is 2. The Morgan fingerprint density at radius 3 is 2.42 bits per heavy atom. The number of nitrogens with one attached hydrogen (secondary N) is 2. The first-order valence-corrected chi connectivity index (χ1v) is 7.70. The van der Waals surface area contributed by atoms with Crippen LogP contribution in [0.5, 0.6) is 5.75 Å². The molecule has 26 heavy (non-hydrogen) atoms. The Kier molecular flexibility index (Phi) is 6.10. The first kappa shape index (κ1) is 19.6. The van der Waals surface area contributed by atoms with Crippen molar-refractivity contribution < 1.29 is 27.5 Å². The molecular weight excluding hydrogens is 373 g/mol. The highest BCUT2D eigenvalue weighted by molar-refractivity contribution is 6.33. The SMILES string of the molecule is CC(=O)Nc1ccccc1OCC(=O)Nc1cc(C(F)(F)F)ccc1Cl. The predicted molar refractivity (Wildman–Crippen MR) is 91.3 cm³/mol. The topological polar surface area (TPSA) is 67.4 Å². The van der Waals surface area contributed by atoms with Crippen LogP contribution in [0.3, 0.4) is 0 Å². The summed E-state index contributed by atoms with van der Waals surface area (Å²) in [4.78, 5) is 23.1. The maximum absolute atomic E-state index is 12.7. The smallest absolute Gasteiger partial charge is 0.416 e. The van der Waals surface area contributed by atoms with Gasteiger partial charge in [0.05, 0.1) is 22.0 Å². The minimum absolute atomic E-state index is 0.0370. The number of amides is 2. The maximum atomic E-state index is 12.7. The Bertz CT molecular complexity index is 825. The molecule has 0 bridgehead atoms. The second-order valence-electron chi connectivity index (χ2n) is 5.21. The first-order chi connectivity index (χ1) is 12.2. The molecule has 9 heteroatoms. The van der Waals surface area contributed by atoms with E-state index in [-0.39, 0.29) is 22.4 Å². The van der Waals surface area contributed by atoms with Gasteiger partial charge in [0, 0.05) is 6.92 Å². The number of anilines is 2. The van der Waals surface area contributed by atoms with Crippen molar-refractivity contribution in [2.24, 2.45) is 0 Å². The lowest BCUT2D eigenvalue weighted by atomic mass is 10.2. The molecule has 0 atom stereocenters. The molecule has 0 aliphatic heterocycles. The van der Waals surface area contributed by atoms with Gasteiger partial charge < -0.3 is 15.4 Å². The molecule has 0 spiro atoms. The number of para-hydroxylation sites is 2. The summed E-state index contributed by atoms with van der Waals surface area (Å²) in [6, 6.07) is 9.04. The highest BCUT2D eigenvalue weighted by atomic mass is 35.5. The van der Waals surface area contributed by atoms with E-state index in [2.05, 4.69) is 10.6 Å². The average molecular weight is 387 g/mol. The van der Waals surface area contributed by atoms with Crippen molar-refractivity contribution in [2.75, 3.05) is 17.2 Å². The molecular formula is C17H14ClF3N2O3. The maximum Gasteiger partial charge on any atom is 0.416 e. The van der Waals surface area contributed by atoms with Gasteiger partial charge in [-0.1, -0.05) is 23.7 Å². The zero-order valence-corrected chi connectivity index (χ0v) is 14.2. The molecule has 0 aliphatic carbocycles. The Morgan fingerprint density at radius 2 is 1.77 bits per heavy atom. The molecule has 2 amide bonds. The van der Waals surface area contributed by atoms with Gasteiger partial charge in [0.15, 0.2) is 6.61 Å². The monoisotopic (exact) mass is 386 g/mol. The van der Waals surface area contributed by atoms with E-state index in [0.29, 0.717) is 5.69 Å². The van der Waals surface area contributed by atoms with Crippen molar-refractivity contribution in [3.8, 4) is 5.75 Å². The van der Waals surface area contributed by atoms with Gasteiger partial charge in [-0.05, 0) is 30.3 Å². The standard InChI is InChI=1S/C17H14ClF3N2O3/c1-10(24)22-13-4-2-3-5-15(13)26-9-16(25)23-14-8-11(17(19,20)21)6-7-12(14)18/h2-8H,9H2,1H3,(H,22,24)(H,23,25). The number of hydrogen-bond donors (Lipinski definition) is 2. The largest absolute Gasteiger partial charge is 0.482 e. The fourth-order valence-electron chi connectivity index (χ4n) is 2.01. The van der Waals surface area contributed by atoms with E-state index in [1.165, 1.54) is 13.0 Å². The van der Waals surface area contributed by atoms with Gasteiger partial charge >= 0.3 is 6.18 Å². The highest BCUT2D eigenvalue weighted by Crippen LogP contribution is 2.33. The van der Waals surface area contributed by atoms with Crippen LogP contribution in [0.4, 0.5) is 24.5 Å². The molecule has 5 nitrogen and oxygen atoms in total. The molecule has 2 N–H and O–H groups in total. The number of alkyl halides is 3. The number of halogens is 4. The van der Waals surface area contributed by atoms with Crippen LogP contribution in [-0.4, -0.2) is 18.4 Å². The Hall–Kier alpha value is -2.74. The van der Waals surface area contributed by atoms with Crippen LogP contribution < -0.4 is 15.4 Å². The van der Waals surface area contributed by atoms with Crippen molar-refractivity contribution in [3.63, 3.8) is 0 Å². The summed E-state index contributed by atoms with van der Waals surface area (Å²) in [7, 11) is 0. The molecule has 0 fully saturated rings. The fourth-order valence-corrected chi connectivity index (χ4v) is 2.18. The lowest BCUT2D eigenvalue weighted by Crippen LogP contribution is -2.21. The summed E-state index contributed by atoms with van der Waals surface area (Å²) in [6.45, 7) is 0.836. The van der Waals surface area contributed by atoms with E-state index in [1.807, 2.05) is 0 Å². The number of carbonyl (C=O) groups excluding carboxylic acids is 2. The van der Waals surface area contributed by atoms with E-state index in [9.17, 15) is 22.8 Å². The van der Waals surface area contributed by atoms with Gasteiger partial charge in [-0.25, -0.2) is 0 Å². The van der Waals surface area contributed by atoms with Crippen molar-refractivity contribution in [2.45, 2.75) is 13.1 Å². The fraction of sp³-hybridized carbons (Fsp3) is 0.176. The van der Waals surface area contributed by atoms with Gasteiger partial charge in [-0.15, -0.1) is 0 Å². The highest BCUT2D eigenvalue weighted by Gasteiger charge is 2.31. The number of hydrogen-bond acceptors (Lipinski definition) is 3. The van der Waals surface area contributed by atoms with Gasteiger partial charge in [0.25, 0.3) is 5.91 Å². The molecule has 2 aromatic carbocycles. The van der Waals surface area contributed by atoms with Crippen molar-refractivity contribution >= 4 is 34.8 Å².